The molecule has 0 aliphatic carbocycles. The van der Waals surface area contributed by atoms with Crippen molar-refractivity contribution >= 4 is 27.5 Å². The fraction of sp³-hybridized carbons (Fsp3) is 0.167. The number of halogens is 2. The van der Waals surface area contributed by atoms with Gasteiger partial charge >= 0.3 is 0 Å². The van der Waals surface area contributed by atoms with Crippen LogP contribution in [0.5, 0.6) is 0 Å². The van der Waals surface area contributed by atoms with Gasteiger partial charge in [0.25, 0.3) is 0 Å². The van der Waals surface area contributed by atoms with Gasteiger partial charge in [0.2, 0.25) is 0 Å². The topological polar surface area (TPSA) is 12.9 Å². The number of rotatable bonds is 1. The molecular formula is C6H5BrClN. The van der Waals surface area contributed by atoms with Gasteiger partial charge in [-0.25, -0.2) is 0 Å². The van der Waals surface area contributed by atoms with Gasteiger partial charge in [0, 0.05) is 16.9 Å². The number of pyridine rings is 1. The van der Waals surface area contributed by atoms with Crippen molar-refractivity contribution in [2.24, 2.45) is 0 Å². The van der Waals surface area contributed by atoms with E-state index in [9.17, 15) is 0 Å². The number of hydrogen-bond donors (Lipinski definition) is 0. The van der Waals surface area contributed by atoms with Crippen LogP contribution in [0.3, 0.4) is 0 Å². The normalized spacial score (nSPS) is 9.56. The van der Waals surface area contributed by atoms with E-state index in [1.54, 1.807) is 12.4 Å². The first kappa shape index (κ1) is 7.03. The maximum atomic E-state index is 5.56. The summed E-state index contributed by atoms with van der Waals surface area (Å²) in [5, 5.41) is 0. The number of hydrogen-bond acceptors (Lipinski definition) is 1. The number of alkyl halides is 1. The van der Waals surface area contributed by atoms with Crippen molar-refractivity contribution in [3.8, 4) is 0 Å². The second kappa shape index (κ2) is 3.18. The van der Waals surface area contributed by atoms with Crippen LogP contribution in [0, 0.1) is 0 Å². The molecule has 0 aliphatic rings. The van der Waals surface area contributed by atoms with Gasteiger partial charge in [-0.3, -0.25) is 4.98 Å². The quantitative estimate of drug-likeness (QED) is 0.644. The monoisotopic (exact) mass is 205 g/mol. The van der Waals surface area contributed by atoms with E-state index in [2.05, 4.69) is 20.9 Å². The highest BCUT2D eigenvalue weighted by molar-refractivity contribution is 9.10. The molecule has 0 N–H and O–H groups in total. The van der Waals surface area contributed by atoms with Crippen LogP contribution in [-0.4, -0.2) is 4.98 Å². The van der Waals surface area contributed by atoms with Gasteiger partial charge in [0.05, 0.1) is 5.88 Å². The standard InChI is InChI=1S/C6H5BrClN/c7-6-1-2-9-4-5(6)3-8/h1-2,4H,3H2. The van der Waals surface area contributed by atoms with Crippen molar-refractivity contribution in [2.75, 3.05) is 0 Å². The molecule has 48 valence electrons. The molecule has 0 radical (unpaired) electrons. The highest BCUT2D eigenvalue weighted by atomic mass is 79.9. The molecule has 1 aromatic heterocycles. The van der Waals surface area contributed by atoms with Crippen LogP contribution in [-0.2, 0) is 5.88 Å². The van der Waals surface area contributed by atoms with Crippen LogP contribution in [0.15, 0.2) is 22.9 Å². The molecule has 0 spiro atoms. The molecule has 0 aliphatic heterocycles. The van der Waals surface area contributed by atoms with E-state index in [1.807, 2.05) is 6.07 Å². The third-order valence-electron chi connectivity index (χ3n) is 0.988. The summed E-state index contributed by atoms with van der Waals surface area (Å²) in [6.45, 7) is 0. The summed E-state index contributed by atoms with van der Waals surface area (Å²) < 4.78 is 1.02. The van der Waals surface area contributed by atoms with Gasteiger partial charge < -0.3 is 0 Å². The van der Waals surface area contributed by atoms with Gasteiger partial charge in [0.15, 0.2) is 0 Å². The van der Waals surface area contributed by atoms with E-state index in [0.29, 0.717) is 5.88 Å². The van der Waals surface area contributed by atoms with Crippen molar-refractivity contribution in [3.63, 3.8) is 0 Å². The molecule has 0 bridgehead atoms. The summed E-state index contributed by atoms with van der Waals surface area (Å²) in [5.41, 5.74) is 1.03. The van der Waals surface area contributed by atoms with Crippen LogP contribution in [0.25, 0.3) is 0 Å². The highest BCUT2D eigenvalue weighted by Crippen LogP contribution is 2.15. The lowest BCUT2D eigenvalue weighted by Gasteiger charge is -1.94. The minimum absolute atomic E-state index is 0.508. The fourth-order valence-electron chi connectivity index (χ4n) is 0.509. The summed E-state index contributed by atoms with van der Waals surface area (Å²) in [7, 11) is 0. The van der Waals surface area contributed by atoms with Crippen molar-refractivity contribution in [2.45, 2.75) is 5.88 Å². The zero-order valence-corrected chi connectivity index (χ0v) is 6.98. The van der Waals surface area contributed by atoms with Crippen LogP contribution in [0.2, 0.25) is 0 Å². The summed E-state index contributed by atoms with van der Waals surface area (Å²) in [6, 6.07) is 1.87. The lowest BCUT2D eigenvalue weighted by atomic mass is 10.3. The van der Waals surface area contributed by atoms with Crippen molar-refractivity contribution in [1.82, 2.24) is 4.98 Å². The van der Waals surface area contributed by atoms with Gasteiger partial charge in [-0.05, 0) is 11.6 Å². The van der Waals surface area contributed by atoms with E-state index in [4.69, 9.17) is 11.6 Å². The zero-order valence-electron chi connectivity index (χ0n) is 4.64. The van der Waals surface area contributed by atoms with E-state index in [0.717, 1.165) is 10.0 Å². The Morgan fingerprint density at radius 3 is 2.89 bits per heavy atom. The maximum Gasteiger partial charge on any atom is 0.0500 e. The summed E-state index contributed by atoms with van der Waals surface area (Å²) in [5.74, 6) is 0.508. The van der Waals surface area contributed by atoms with Gasteiger partial charge in [-0.2, -0.15) is 0 Å². The summed E-state index contributed by atoms with van der Waals surface area (Å²) >= 11 is 8.89. The van der Waals surface area contributed by atoms with Gasteiger partial charge in [-0.15, -0.1) is 11.6 Å². The third-order valence-corrected chi connectivity index (χ3v) is 2.05. The molecule has 0 fully saturated rings. The summed E-state index contributed by atoms with van der Waals surface area (Å²) in [6.07, 6.45) is 3.47. The van der Waals surface area contributed by atoms with E-state index < -0.39 is 0 Å². The molecule has 0 amide bonds. The Morgan fingerprint density at radius 2 is 2.44 bits per heavy atom. The van der Waals surface area contributed by atoms with Crippen molar-refractivity contribution in [3.05, 3.63) is 28.5 Å². The molecule has 0 saturated heterocycles. The van der Waals surface area contributed by atoms with Crippen molar-refractivity contribution in [1.29, 1.82) is 0 Å². The average Bonchev–Trinajstić information content (AvgIpc) is 1.89. The molecule has 1 rings (SSSR count). The van der Waals surface area contributed by atoms with Crippen LogP contribution in [0.4, 0.5) is 0 Å². The first-order chi connectivity index (χ1) is 4.34. The molecule has 1 aromatic rings. The molecule has 0 unspecified atom stereocenters. The maximum absolute atomic E-state index is 5.56. The largest absolute Gasteiger partial charge is 0.264 e. The average molecular weight is 206 g/mol. The molecule has 0 atom stereocenters. The first-order valence-electron chi connectivity index (χ1n) is 2.49. The molecule has 3 heteroatoms. The van der Waals surface area contributed by atoms with Gasteiger partial charge in [-0.1, -0.05) is 15.9 Å². The van der Waals surface area contributed by atoms with E-state index in [-0.39, 0.29) is 0 Å². The Bertz CT molecular complexity index is 202. The van der Waals surface area contributed by atoms with E-state index in [1.165, 1.54) is 0 Å². The van der Waals surface area contributed by atoms with Crippen LogP contribution < -0.4 is 0 Å². The second-order valence-electron chi connectivity index (χ2n) is 1.60. The Labute approximate surface area is 67.2 Å². The van der Waals surface area contributed by atoms with Crippen LogP contribution in [0.1, 0.15) is 5.56 Å². The number of aromatic nitrogens is 1. The SMILES string of the molecule is ClCc1cnccc1Br. The Morgan fingerprint density at radius 1 is 1.67 bits per heavy atom. The number of nitrogens with zero attached hydrogens (tertiary/aromatic N) is 1. The Kier molecular flexibility index (Phi) is 2.49. The molecule has 1 heterocycles. The molecule has 9 heavy (non-hydrogen) atoms. The zero-order chi connectivity index (χ0) is 6.69. The van der Waals surface area contributed by atoms with Gasteiger partial charge in [0.1, 0.15) is 0 Å². The fourth-order valence-corrected chi connectivity index (χ4v) is 1.24. The lowest BCUT2D eigenvalue weighted by molar-refractivity contribution is 1.23. The molecule has 0 aromatic carbocycles. The third kappa shape index (κ3) is 1.66. The Balaban J connectivity index is 3.01. The second-order valence-corrected chi connectivity index (χ2v) is 2.72. The first-order valence-corrected chi connectivity index (χ1v) is 3.81. The minimum Gasteiger partial charge on any atom is -0.264 e. The summed E-state index contributed by atoms with van der Waals surface area (Å²) in [4.78, 5) is 3.90. The predicted molar refractivity (Wildman–Crippen MR) is 41.5 cm³/mol. The van der Waals surface area contributed by atoms with E-state index >= 15 is 0 Å². The molecule has 1 nitrogen and oxygen atoms in total. The molecular weight excluding hydrogens is 201 g/mol. The molecule has 0 saturated carbocycles. The van der Waals surface area contributed by atoms with Crippen LogP contribution >= 0.6 is 27.5 Å². The minimum atomic E-state index is 0.508. The van der Waals surface area contributed by atoms with Crippen molar-refractivity contribution < 1.29 is 0 Å². The Hall–Kier alpha value is -0.0800. The predicted octanol–water partition coefficient (Wildman–Crippen LogP) is 2.58. The smallest absolute Gasteiger partial charge is 0.0500 e. The highest BCUT2D eigenvalue weighted by Gasteiger charge is 1.93. The lowest BCUT2D eigenvalue weighted by Crippen LogP contribution is -1.80.